The molecule has 1 unspecified atom stereocenters. The van der Waals surface area contributed by atoms with Gasteiger partial charge >= 0.3 is 0 Å². The first-order valence-corrected chi connectivity index (χ1v) is 9.78. The van der Waals surface area contributed by atoms with Crippen molar-refractivity contribution in [1.82, 2.24) is 9.78 Å². The van der Waals surface area contributed by atoms with E-state index in [0.29, 0.717) is 5.69 Å². The van der Waals surface area contributed by atoms with E-state index in [4.69, 9.17) is 0 Å². The minimum absolute atomic E-state index is 0.278. The molecule has 0 aliphatic rings. The summed E-state index contributed by atoms with van der Waals surface area (Å²) < 4.78 is 1.23. The van der Waals surface area contributed by atoms with Gasteiger partial charge in [-0.05, 0) is 42.8 Å². The van der Waals surface area contributed by atoms with Crippen LogP contribution in [0.1, 0.15) is 13.0 Å². The molecular weight excluding hydrogens is 354 g/mol. The number of rotatable bonds is 5. The van der Waals surface area contributed by atoms with Gasteiger partial charge in [0.2, 0.25) is 5.91 Å². The quantitative estimate of drug-likeness (QED) is 0.691. The second-order valence-electron chi connectivity index (χ2n) is 5.34. The zero-order valence-electron chi connectivity index (χ0n) is 13.8. The SMILES string of the molecule is CSc1ccccc1NC(=O)C(C)n1nc(-c2cccs2)ccc1=O. The molecule has 3 aromatic rings. The fourth-order valence-electron chi connectivity index (χ4n) is 2.35. The predicted octanol–water partition coefficient (Wildman–Crippen LogP) is 3.89. The number of thioether (sulfide) groups is 1. The van der Waals surface area contributed by atoms with E-state index < -0.39 is 6.04 Å². The Hall–Kier alpha value is -2.38. The highest BCUT2D eigenvalue weighted by molar-refractivity contribution is 7.98. The maximum atomic E-state index is 12.6. The van der Waals surface area contributed by atoms with Crippen LogP contribution in [0.5, 0.6) is 0 Å². The summed E-state index contributed by atoms with van der Waals surface area (Å²) in [5, 5.41) is 9.20. The van der Waals surface area contributed by atoms with Gasteiger partial charge in [-0.15, -0.1) is 23.1 Å². The maximum absolute atomic E-state index is 12.6. The van der Waals surface area contributed by atoms with Gasteiger partial charge in [0, 0.05) is 11.0 Å². The van der Waals surface area contributed by atoms with Gasteiger partial charge < -0.3 is 5.32 Å². The third kappa shape index (κ3) is 3.83. The molecule has 3 rings (SSSR count). The van der Waals surface area contributed by atoms with E-state index in [-0.39, 0.29) is 11.5 Å². The molecule has 0 aliphatic heterocycles. The second kappa shape index (κ2) is 7.67. The van der Waals surface area contributed by atoms with Crippen LogP contribution >= 0.6 is 23.1 Å². The van der Waals surface area contributed by atoms with E-state index in [2.05, 4.69) is 10.4 Å². The summed E-state index contributed by atoms with van der Waals surface area (Å²) >= 11 is 3.09. The minimum Gasteiger partial charge on any atom is -0.323 e. The lowest BCUT2D eigenvalue weighted by atomic mass is 10.2. The van der Waals surface area contributed by atoms with Gasteiger partial charge in [-0.3, -0.25) is 9.59 Å². The highest BCUT2D eigenvalue weighted by Crippen LogP contribution is 2.25. The number of benzene rings is 1. The lowest BCUT2D eigenvalue weighted by molar-refractivity contribution is -0.119. The number of aromatic nitrogens is 2. The number of amides is 1. The molecule has 0 spiro atoms. The largest absolute Gasteiger partial charge is 0.323 e. The molecular formula is C18H17N3O2S2. The van der Waals surface area contributed by atoms with Crippen LogP contribution in [-0.2, 0) is 4.79 Å². The van der Waals surface area contributed by atoms with Crippen LogP contribution < -0.4 is 10.9 Å². The van der Waals surface area contributed by atoms with Crippen molar-refractivity contribution < 1.29 is 4.79 Å². The normalized spacial score (nSPS) is 11.9. The third-order valence-corrected chi connectivity index (χ3v) is 5.40. The Morgan fingerprint density at radius 1 is 1.20 bits per heavy atom. The Morgan fingerprint density at radius 2 is 2.00 bits per heavy atom. The Kier molecular flexibility index (Phi) is 5.35. The van der Waals surface area contributed by atoms with Crippen molar-refractivity contribution >= 4 is 34.7 Å². The molecule has 0 saturated heterocycles. The number of hydrogen-bond donors (Lipinski definition) is 1. The summed E-state index contributed by atoms with van der Waals surface area (Å²) in [5.41, 5.74) is 1.11. The average Bonchev–Trinajstić information content (AvgIpc) is 3.16. The van der Waals surface area contributed by atoms with Crippen LogP contribution in [0.4, 0.5) is 5.69 Å². The summed E-state index contributed by atoms with van der Waals surface area (Å²) in [6.07, 6.45) is 1.95. The van der Waals surface area contributed by atoms with Crippen molar-refractivity contribution in [2.45, 2.75) is 17.9 Å². The molecule has 1 aromatic carbocycles. The molecule has 5 nitrogen and oxygen atoms in total. The summed E-state index contributed by atoms with van der Waals surface area (Å²) in [6.45, 7) is 1.67. The molecule has 0 radical (unpaired) electrons. The standard InChI is InChI=1S/C18H17N3O2S2/c1-12(18(23)19-13-6-3-4-7-15(13)24-2)21-17(22)10-9-14(20-21)16-8-5-11-25-16/h3-12H,1-2H3,(H,19,23). The van der Waals surface area contributed by atoms with Crippen molar-refractivity contribution in [2.24, 2.45) is 0 Å². The van der Waals surface area contributed by atoms with Gasteiger partial charge in [0.25, 0.3) is 5.56 Å². The lowest BCUT2D eigenvalue weighted by Crippen LogP contribution is -2.33. The van der Waals surface area contributed by atoms with E-state index in [1.165, 1.54) is 22.1 Å². The Labute approximate surface area is 153 Å². The molecule has 0 aliphatic carbocycles. The monoisotopic (exact) mass is 371 g/mol. The second-order valence-corrected chi connectivity index (χ2v) is 7.14. The Balaban J connectivity index is 1.87. The number of carbonyl (C=O) groups is 1. The van der Waals surface area contributed by atoms with Gasteiger partial charge in [0.05, 0.1) is 10.6 Å². The zero-order chi connectivity index (χ0) is 17.8. The van der Waals surface area contributed by atoms with E-state index in [1.807, 2.05) is 48.0 Å². The molecule has 0 fully saturated rings. The van der Waals surface area contributed by atoms with Crippen LogP contribution in [-0.4, -0.2) is 21.9 Å². The number of nitrogens with zero attached hydrogens (tertiary/aromatic N) is 2. The van der Waals surface area contributed by atoms with Crippen molar-refractivity contribution in [3.8, 4) is 10.6 Å². The van der Waals surface area contributed by atoms with Gasteiger partial charge in [0.15, 0.2) is 0 Å². The Morgan fingerprint density at radius 3 is 2.72 bits per heavy atom. The van der Waals surface area contributed by atoms with Gasteiger partial charge in [-0.2, -0.15) is 5.10 Å². The number of para-hydroxylation sites is 1. The first-order chi connectivity index (χ1) is 12.1. The van der Waals surface area contributed by atoms with E-state index in [0.717, 1.165) is 15.5 Å². The van der Waals surface area contributed by atoms with Crippen LogP contribution in [0.25, 0.3) is 10.6 Å². The van der Waals surface area contributed by atoms with Gasteiger partial charge in [0.1, 0.15) is 11.7 Å². The fourth-order valence-corrected chi connectivity index (χ4v) is 3.60. The van der Waals surface area contributed by atoms with Crippen molar-refractivity contribution in [3.05, 3.63) is 64.3 Å². The highest BCUT2D eigenvalue weighted by atomic mass is 32.2. The van der Waals surface area contributed by atoms with Crippen molar-refractivity contribution in [2.75, 3.05) is 11.6 Å². The summed E-state index contributed by atoms with van der Waals surface area (Å²) in [5.74, 6) is -0.278. The van der Waals surface area contributed by atoms with Crippen molar-refractivity contribution in [1.29, 1.82) is 0 Å². The number of carbonyl (C=O) groups excluding carboxylic acids is 1. The third-order valence-electron chi connectivity index (χ3n) is 3.71. The maximum Gasteiger partial charge on any atom is 0.267 e. The molecule has 128 valence electrons. The summed E-state index contributed by atoms with van der Waals surface area (Å²) in [6, 6.07) is 13.8. The predicted molar refractivity (Wildman–Crippen MR) is 103 cm³/mol. The van der Waals surface area contributed by atoms with E-state index in [1.54, 1.807) is 24.8 Å². The highest BCUT2D eigenvalue weighted by Gasteiger charge is 2.19. The first kappa shape index (κ1) is 17.4. The van der Waals surface area contributed by atoms with Gasteiger partial charge in [-0.1, -0.05) is 18.2 Å². The number of nitrogens with one attached hydrogen (secondary N) is 1. The Bertz CT molecular complexity index is 935. The molecule has 0 saturated carbocycles. The fraction of sp³-hybridized carbons (Fsp3) is 0.167. The van der Waals surface area contributed by atoms with Crippen LogP contribution in [0, 0.1) is 0 Å². The molecule has 25 heavy (non-hydrogen) atoms. The lowest BCUT2D eigenvalue weighted by Gasteiger charge is -2.16. The number of anilines is 1. The number of hydrogen-bond acceptors (Lipinski definition) is 5. The van der Waals surface area contributed by atoms with E-state index in [9.17, 15) is 9.59 Å². The number of thiophene rings is 1. The molecule has 0 bridgehead atoms. The van der Waals surface area contributed by atoms with Crippen LogP contribution in [0.15, 0.2) is 63.6 Å². The molecule has 2 aromatic heterocycles. The molecule has 2 heterocycles. The smallest absolute Gasteiger partial charge is 0.267 e. The topological polar surface area (TPSA) is 64.0 Å². The molecule has 1 N–H and O–H groups in total. The average molecular weight is 371 g/mol. The summed E-state index contributed by atoms with van der Waals surface area (Å²) in [4.78, 5) is 26.7. The van der Waals surface area contributed by atoms with Gasteiger partial charge in [-0.25, -0.2) is 4.68 Å². The molecule has 1 amide bonds. The molecule has 7 heteroatoms. The van der Waals surface area contributed by atoms with E-state index >= 15 is 0 Å². The molecule has 1 atom stereocenters. The van der Waals surface area contributed by atoms with Crippen LogP contribution in [0.2, 0.25) is 0 Å². The first-order valence-electron chi connectivity index (χ1n) is 7.68. The zero-order valence-corrected chi connectivity index (χ0v) is 15.4. The summed E-state index contributed by atoms with van der Waals surface area (Å²) in [7, 11) is 0. The minimum atomic E-state index is -0.720. The van der Waals surface area contributed by atoms with Crippen molar-refractivity contribution in [3.63, 3.8) is 0 Å². The van der Waals surface area contributed by atoms with Crippen LogP contribution in [0.3, 0.4) is 0 Å².